The molecule has 1 aliphatic heterocycles. The van der Waals surface area contributed by atoms with E-state index < -0.39 is 17.7 Å². The molecule has 1 N–H and O–H groups in total. The van der Waals surface area contributed by atoms with E-state index in [1.165, 1.54) is 17.3 Å². The molecule has 1 saturated heterocycles. The molecule has 1 amide bonds. The van der Waals surface area contributed by atoms with Crippen LogP contribution >= 0.6 is 0 Å². The highest BCUT2D eigenvalue weighted by molar-refractivity contribution is 6.46. The highest BCUT2D eigenvalue weighted by atomic mass is 16.5. The Labute approximate surface area is 174 Å². The molecule has 0 radical (unpaired) electrons. The van der Waals surface area contributed by atoms with Crippen LogP contribution in [0.15, 0.2) is 84.7 Å². The Hall–Kier alpha value is -3.93. The van der Waals surface area contributed by atoms with Crippen LogP contribution in [0.2, 0.25) is 0 Å². The van der Waals surface area contributed by atoms with Crippen molar-refractivity contribution in [1.29, 1.82) is 0 Å². The van der Waals surface area contributed by atoms with Crippen molar-refractivity contribution < 1.29 is 19.4 Å². The fraction of sp³-hybridized carbons (Fsp3) is 0.125. The number of hydrogen-bond acceptors (Lipinski definition) is 5. The van der Waals surface area contributed by atoms with E-state index in [1.54, 1.807) is 43.5 Å². The fourth-order valence-electron chi connectivity index (χ4n) is 3.62. The molecule has 0 saturated carbocycles. The summed E-state index contributed by atoms with van der Waals surface area (Å²) in [5.41, 5.74) is 2.09. The van der Waals surface area contributed by atoms with Crippen LogP contribution in [0.5, 0.6) is 5.75 Å². The molecule has 1 aromatic heterocycles. The molecule has 2 heterocycles. The number of aromatic nitrogens is 1. The van der Waals surface area contributed by atoms with Crippen LogP contribution in [0.1, 0.15) is 22.7 Å². The van der Waals surface area contributed by atoms with Gasteiger partial charge in [-0.15, -0.1) is 0 Å². The standard InChI is InChI=1S/C24H20N2O4/c1-30-19-9-7-17(8-10-19)21-20(22(27)18-11-13-25-14-12-18)23(28)24(29)26(21)15-16-5-3-2-4-6-16/h2-14,21,27H,15H2,1H3/b22-20+. The number of Topliss-reactive ketones (excluding diaryl/α,β-unsaturated/α-hetero) is 1. The number of hydrogen-bond donors (Lipinski definition) is 1. The Morgan fingerprint density at radius 1 is 1.00 bits per heavy atom. The zero-order valence-electron chi connectivity index (χ0n) is 16.4. The molecule has 150 valence electrons. The summed E-state index contributed by atoms with van der Waals surface area (Å²) in [4.78, 5) is 31.4. The molecule has 0 spiro atoms. The number of carbonyl (C=O) groups excluding carboxylic acids is 2. The lowest BCUT2D eigenvalue weighted by Crippen LogP contribution is -2.29. The molecule has 1 atom stereocenters. The number of amides is 1. The molecule has 6 heteroatoms. The van der Waals surface area contributed by atoms with Gasteiger partial charge in [0.25, 0.3) is 11.7 Å². The van der Waals surface area contributed by atoms with E-state index in [0.717, 1.165) is 5.56 Å². The number of aliphatic hydroxyl groups is 1. The number of aliphatic hydroxyl groups excluding tert-OH is 1. The van der Waals surface area contributed by atoms with E-state index >= 15 is 0 Å². The largest absolute Gasteiger partial charge is 0.507 e. The molecule has 30 heavy (non-hydrogen) atoms. The molecule has 3 aromatic rings. The minimum atomic E-state index is -0.718. The van der Waals surface area contributed by atoms with Crippen molar-refractivity contribution in [3.63, 3.8) is 0 Å². The zero-order valence-corrected chi connectivity index (χ0v) is 16.4. The lowest BCUT2D eigenvalue weighted by molar-refractivity contribution is -0.140. The number of nitrogens with zero attached hydrogens (tertiary/aromatic N) is 2. The molecule has 4 rings (SSSR count). The molecule has 0 aliphatic carbocycles. The monoisotopic (exact) mass is 400 g/mol. The van der Waals surface area contributed by atoms with Gasteiger partial charge in [0.1, 0.15) is 11.5 Å². The van der Waals surface area contributed by atoms with Crippen LogP contribution in [0, 0.1) is 0 Å². The van der Waals surface area contributed by atoms with Gasteiger partial charge in [0, 0.05) is 24.5 Å². The minimum Gasteiger partial charge on any atom is -0.507 e. The van der Waals surface area contributed by atoms with Crippen LogP contribution in [-0.4, -0.2) is 33.8 Å². The SMILES string of the molecule is COc1ccc(C2/C(=C(\O)c3ccncc3)C(=O)C(=O)N2Cc2ccccc2)cc1. The van der Waals surface area contributed by atoms with Crippen molar-refractivity contribution in [2.75, 3.05) is 7.11 Å². The summed E-state index contributed by atoms with van der Waals surface area (Å²) in [7, 11) is 1.57. The van der Waals surface area contributed by atoms with E-state index in [-0.39, 0.29) is 17.9 Å². The smallest absolute Gasteiger partial charge is 0.295 e. The van der Waals surface area contributed by atoms with Crippen molar-refractivity contribution >= 4 is 17.4 Å². The molecule has 1 fully saturated rings. The van der Waals surface area contributed by atoms with Crippen LogP contribution in [0.3, 0.4) is 0 Å². The van der Waals surface area contributed by atoms with Crippen LogP contribution < -0.4 is 4.74 Å². The van der Waals surface area contributed by atoms with Gasteiger partial charge in [0.05, 0.1) is 18.7 Å². The molecule has 2 aromatic carbocycles. The number of pyridine rings is 1. The Bertz CT molecular complexity index is 1090. The third-order valence-electron chi connectivity index (χ3n) is 5.12. The number of carbonyl (C=O) groups is 2. The summed E-state index contributed by atoms with van der Waals surface area (Å²) >= 11 is 0. The Morgan fingerprint density at radius 2 is 1.67 bits per heavy atom. The van der Waals surface area contributed by atoms with Crippen molar-refractivity contribution in [3.8, 4) is 5.75 Å². The van der Waals surface area contributed by atoms with Gasteiger partial charge < -0.3 is 14.7 Å². The third kappa shape index (κ3) is 3.55. The minimum absolute atomic E-state index is 0.0623. The van der Waals surface area contributed by atoms with Gasteiger partial charge >= 0.3 is 0 Å². The van der Waals surface area contributed by atoms with Gasteiger partial charge in [0.2, 0.25) is 0 Å². The lowest BCUT2D eigenvalue weighted by atomic mass is 9.95. The van der Waals surface area contributed by atoms with Crippen LogP contribution in [0.4, 0.5) is 0 Å². The first-order chi connectivity index (χ1) is 14.6. The number of ketones is 1. The predicted octanol–water partition coefficient (Wildman–Crippen LogP) is 3.71. The number of rotatable bonds is 5. The fourth-order valence-corrected chi connectivity index (χ4v) is 3.62. The Balaban J connectivity index is 1.85. The maximum atomic E-state index is 13.0. The molecular weight excluding hydrogens is 380 g/mol. The van der Waals surface area contributed by atoms with Crippen molar-refractivity contribution in [3.05, 3.63) is 101 Å². The van der Waals surface area contributed by atoms with Crippen molar-refractivity contribution in [1.82, 2.24) is 9.88 Å². The average molecular weight is 400 g/mol. The summed E-state index contributed by atoms with van der Waals surface area (Å²) in [6, 6.07) is 19.1. The second kappa shape index (κ2) is 8.21. The highest BCUT2D eigenvalue weighted by Crippen LogP contribution is 2.40. The number of benzene rings is 2. The quantitative estimate of drug-likeness (QED) is 0.401. The first-order valence-corrected chi connectivity index (χ1v) is 9.47. The van der Waals surface area contributed by atoms with E-state index in [4.69, 9.17) is 4.74 Å². The van der Waals surface area contributed by atoms with E-state index in [1.807, 2.05) is 30.3 Å². The summed E-state index contributed by atoms with van der Waals surface area (Å²) in [5.74, 6) is -0.906. The van der Waals surface area contributed by atoms with Gasteiger partial charge in [-0.05, 0) is 35.4 Å². The van der Waals surface area contributed by atoms with Gasteiger partial charge in [0.15, 0.2) is 0 Å². The maximum absolute atomic E-state index is 13.0. The summed E-state index contributed by atoms with van der Waals surface area (Å²) < 4.78 is 5.22. The van der Waals surface area contributed by atoms with Gasteiger partial charge in [-0.25, -0.2) is 0 Å². The van der Waals surface area contributed by atoms with E-state index in [2.05, 4.69) is 4.98 Å². The summed E-state index contributed by atoms with van der Waals surface area (Å²) in [6.07, 6.45) is 3.05. The molecule has 1 unspecified atom stereocenters. The third-order valence-corrected chi connectivity index (χ3v) is 5.12. The van der Waals surface area contributed by atoms with Crippen LogP contribution in [0.25, 0.3) is 5.76 Å². The summed E-state index contributed by atoms with van der Waals surface area (Å²) in [5, 5.41) is 11.0. The van der Waals surface area contributed by atoms with Gasteiger partial charge in [-0.1, -0.05) is 42.5 Å². The maximum Gasteiger partial charge on any atom is 0.295 e. The summed E-state index contributed by atoms with van der Waals surface area (Å²) in [6.45, 7) is 0.245. The number of ether oxygens (including phenoxy) is 1. The Kier molecular flexibility index (Phi) is 5.30. The topological polar surface area (TPSA) is 79.7 Å². The van der Waals surface area contributed by atoms with Gasteiger partial charge in [-0.3, -0.25) is 14.6 Å². The molecular formula is C24H20N2O4. The molecule has 1 aliphatic rings. The first-order valence-electron chi connectivity index (χ1n) is 9.47. The highest BCUT2D eigenvalue weighted by Gasteiger charge is 2.46. The van der Waals surface area contributed by atoms with E-state index in [0.29, 0.717) is 16.9 Å². The number of likely N-dealkylation sites (tertiary alicyclic amines) is 1. The first kappa shape index (κ1) is 19.4. The second-order valence-electron chi connectivity index (χ2n) is 6.92. The van der Waals surface area contributed by atoms with Gasteiger partial charge in [-0.2, -0.15) is 0 Å². The van der Waals surface area contributed by atoms with E-state index in [9.17, 15) is 14.7 Å². The molecule has 6 nitrogen and oxygen atoms in total. The average Bonchev–Trinajstić information content (AvgIpc) is 3.05. The van der Waals surface area contributed by atoms with Crippen molar-refractivity contribution in [2.45, 2.75) is 12.6 Å². The Morgan fingerprint density at radius 3 is 2.30 bits per heavy atom. The second-order valence-corrected chi connectivity index (χ2v) is 6.92. The number of methoxy groups -OCH3 is 1. The molecule has 0 bridgehead atoms. The zero-order chi connectivity index (χ0) is 21.1. The van der Waals surface area contributed by atoms with Crippen LogP contribution in [-0.2, 0) is 16.1 Å². The predicted molar refractivity (Wildman–Crippen MR) is 112 cm³/mol. The normalized spacial score (nSPS) is 17.9. The van der Waals surface area contributed by atoms with Crippen molar-refractivity contribution in [2.24, 2.45) is 0 Å². The lowest BCUT2D eigenvalue weighted by Gasteiger charge is -2.25.